The van der Waals surface area contributed by atoms with Gasteiger partial charge in [-0.2, -0.15) is 0 Å². The Morgan fingerprint density at radius 2 is 1.74 bits per heavy atom. The SMILES string of the molecule is COCCNC(=O)c1ccc(NC(=O)CNc2ccc(OC)c(Cl)c2)cc1. The van der Waals surface area contributed by atoms with Crippen LogP contribution >= 0.6 is 11.6 Å². The molecule has 8 heteroatoms. The number of ether oxygens (including phenoxy) is 2. The van der Waals surface area contributed by atoms with E-state index in [2.05, 4.69) is 16.0 Å². The standard InChI is InChI=1S/C19H22ClN3O4/c1-26-10-9-21-19(25)13-3-5-14(6-4-13)23-18(24)12-22-15-7-8-17(27-2)16(20)11-15/h3-8,11,22H,9-10,12H2,1-2H3,(H,21,25)(H,23,24). The highest BCUT2D eigenvalue weighted by atomic mass is 35.5. The maximum absolute atomic E-state index is 12.1. The van der Waals surface area contributed by atoms with Gasteiger partial charge >= 0.3 is 0 Å². The Morgan fingerprint density at radius 1 is 1.04 bits per heavy atom. The Kier molecular flexibility index (Phi) is 7.91. The van der Waals surface area contributed by atoms with Crippen LogP contribution in [0.25, 0.3) is 0 Å². The van der Waals surface area contributed by atoms with Gasteiger partial charge in [-0.05, 0) is 42.5 Å². The first-order valence-corrected chi connectivity index (χ1v) is 8.65. The van der Waals surface area contributed by atoms with E-state index < -0.39 is 0 Å². The third-order valence-corrected chi connectivity index (χ3v) is 3.92. The predicted molar refractivity (Wildman–Crippen MR) is 106 cm³/mol. The summed E-state index contributed by atoms with van der Waals surface area (Å²) < 4.78 is 9.97. The molecule has 0 unspecified atom stereocenters. The fraction of sp³-hybridized carbons (Fsp3) is 0.263. The van der Waals surface area contributed by atoms with Crippen LogP contribution in [0.15, 0.2) is 42.5 Å². The average Bonchev–Trinajstić information content (AvgIpc) is 2.67. The number of methoxy groups -OCH3 is 2. The number of hydrogen-bond acceptors (Lipinski definition) is 5. The minimum absolute atomic E-state index is 0.0713. The molecule has 144 valence electrons. The van der Waals surface area contributed by atoms with Gasteiger partial charge in [0.1, 0.15) is 5.75 Å². The Bertz CT molecular complexity index is 781. The molecule has 0 saturated heterocycles. The molecule has 27 heavy (non-hydrogen) atoms. The highest BCUT2D eigenvalue weighted by Gasteiger charge is 2.07. The predicted octanol–water partition coefficient (Wildman–Crippen LogP) is 2.78. The molecular weight excluding hydrogens is 370 g/mol. The van der Waals surface area contributed by atoms with E-state index in [4.69, 9.17) is 21.1 Å². The zero-order valence-electron chi connectivity index (χ0n) is 15.2. The molecule has 0 aromatic heterocycles. The van der Waals surface area contributed by atoms with Crippen molar-refractivity contribution in [2.75, 3.05) is 44.5 Å². The van der Waals surface area contributed by atoms with Crippen molar-refractivity contribution >= 4 is 34.8 Å². The van der Waals surface area contributed by atoms with Crippen LogP contribution in [0.5, 0.6) is 5.75 Å². The molecule has 0 aliphatic heterocycles. The lowest BCUT2D eigenvalue weighted by atomic mass is 10.2. The Hall–Kier alpha value is -2.77. The van der Waals surface area contributed by atoms with Gasteiger partial charge in [-0.3, -0.25) is 9.59 Å². The molecule has 2 aromatic carbocycles. The van der Waals surface area contributed by atoms with Crippen LogP contribution in [-0.2, 0) is 9.53 Å². The molecule has 0 aliphatic rings. The van der Waals surface area contributed by atoms with E-state index in [9.17, 15) is 9.59 Å². The van der Waals surface area contributed by atoms with E-state index >= 15 is 0 Å². The minimum Gasteiger partial charge on any atom is -0.495 e. The highest BCUT2D eigenvalue weighted by molar-refractivity contribution is 6.32. The van der Waals surface area contributed by atoms with Crippen molar-refractivity contribution in [2.24, 2.45) is 0 Å². The van der Waals surface area contributed by atoms with E-state index in [1.54, 1.807) is 49.6 Å². The van der Waals surface area contributed by atoms with Gasteiger partial charge in [0.05, 0.1) is 25.3 Å². The lowest BCUT2D eigenvalue weighted by molar-refractivity contribution is -0.114. The minimum atomic E-state index is -0.223. The third-order valence-electron chi connectivity index (χ3n) is 3.63. The number of nitrogens with one attached hydrogen (secondary N) is 3. The van der Waals surface area contributed by atoms with Crippen molar-refractivity contribution in [2.45, 2.75) is 0 Å². The zero-order valence-corrected chi connectivity index (χ0v) is 15.9. The fourth-order valence-electron chi connectivity index (χ4n) is 2.24. The van der Waals surface area contributed by atoms with E-state index in [0.717, 1.165) is 0 Å². The molecule has 0 saturated carbocycles. The molecule has 0 atom stereocenters. The second-order valence-electron chi connectivity index (χ2n) is 5.58. The normalized spacial score (nSPS) is 10.2. The summed E-state index contributed by atoms with van der Waals surface area (Å²) >= 11 is 6.05. The highest BCUT2D eigenvalue weighted by Crippen LogP contribution is 2.27. The number of carbonyl (C=O) groups is 2. The number of halogens is 1. The average molecular weight is 392 g/mol. The molecule has 7 nitrogen and oxygen atoms in total. The number of hydrogen-bond donors (Lipinski definition) is 3. The molecule has 0 spiro atoms. The molecule has 0 bridgehead atoms. The molecule has 2 amide bonds. The molecule has 0 aliphatic carbocycles. The van der Waals surface area contributed by atoms with Crippen LogP contribution in [0.4, 0.5) is 11.4 Å². The molecule has 2 aromatic rings. The summed E-state index contributed by atoms with van der Waals surface area (Å²) in [6, 6.07) is 11.8. The number of rotatable bonds is 9. The van der Waals surface area contributed by atoms with Crippen molar-refractivity contribution in [3.63, 3.8) is 0 Å². The van der Waals surface area contributed by atoms with E-state index in [1.807, 2.05) is 0 Å². The third kappa shape index (κ3) is 6.47. The van der Waals surface area contributed by atoms with Gasteiger partial charge in [0.2, 0.25) is 5.91 Å². The summed E-state index contributed by atoms with van der Waals surface area (Å²) in [6.45, 7) is 0.961. The first-order valence-electron chi connectivity index (χ1n) is 8.28. The summed E-state index contributed by atoms with van der Waals surface area (Å²) in [7, 11) is 3.11. The quantitative estimate of drug-likeness (QED) is 0.572. The van der Waals surface area contributed by atoms with Gasteiger partial charge < -0.3 is 25.4 Å². The van der Waals surface area contributed by atoms with Crippen molar-refractivity contribution in [1.82, 2.24) is 5.32 Å². The smallest absolute Gasteiger partial charge is 0.251 e. The lowest BCUT2D eigenvalue weighted by Gasteiger charge is -2.10. The van der Waals surface area contributed by atoms with Crippen LogP contribution in [0, 0.1) is 0 Å². The Balaban J connectivity index is 1.83. The second-order valence-corrected chi connectivity index (χ2v) is 5.98. The molecule has 0 heterocycles. The first-order chi connectivity index (χ1) is 13.0. The monoisotopic (exact) mass is 391 g/mol. The zero-order chi connectivity index (χ0) is 19.6. The molecular formula is C19H22ClN3O4. The van der Waals surface area contributed by atoms with Crippen molar-refractivity contribution in [1.29, 1.82) is 0 Å². The van der Waals surface area contributed by atoms with Crippen LogP contribution in [-0.4, -0.2) is 45.7 Å². The van der Waals surface area contributed by atoms with Crippen LogP contribution < -0.4 is 20.7 Å². The van der Waals surface area contributed by atoms with E-state index in [1.165, 1.54) is 7.11 Å². The maximum atomic E-state index is 12.1. The van der Waals surface area contributed by atoms with Crippen LogP contribution in [0.2, 0.25) is 5.02 Å². The summed E-state index contributed by atoms with van der Waals surface area (Å²) in [5.74, 6) is 0.153. The van der Waals surface area contributed by atoms with Gasteiger partial charge in [0.25, 0.3) is 5.91 Å². The van der Waals surface area contributed by atoms with Gasteiger partial charge in [-0.25, -0.2) is 0 Å². The molecule has 0 radical (unpaired) electrons. The maximum Gasteiger partial charge on any atom is 0.251 e. The fourth-order valence-corrected chi connectivity index (χ4v) is 2.50. The number of amides is 2. The van der Waals surface area contributed by atoms with Crippen LogP contribution in [0.1, 0.15) is 10.4 Å². The van der Waals surface area contributed by atoms with Crippen molar-refractivity contribution in [3.05, 3.63) is 53.1 Å². The number of carbonyl (C=O) groups excluding carboxylic acids is 2. The topological polar surface area (TPSA) is 88.7 Å². The van der Waals surface area contributed by atoms with Gasteiger partial charge in [-0.1, -0.05) is 11.6 Å². The summed E-state index contributed by atoms with van der Waals surface area (Å²) in [5.41, 5.74) is 1.82. The summed E-state index contributed by atoms with van der Waals surface area (Å²) in [4.78, 5) is 24.0. The Labute approximate surface area is 163 Å². The molecule has 3 N–H and O–H groups in total. The summed E-state index contributed by atoms with van der Waals surface area (Å²) in [6.07, 6.45) is 0. The lowest BCUT2D eigenvalue weighted by Crippen LogP contribution is -2.27. The van der Waals surface area contributed by atoms with E-state index in [0.29, 0.717) is 40.9 Å². The second kappa shape index (κ2) is 10.4. The van der Waals surface area contributed by atoms with Gasteiger partial charge in [-0.15, -0.1) is 0 Å². The van der Waals surface area contributed by atoms with Gasteiger partial charge in [0, 0.05) is 30.6 Å². The van der Waals surface area contributed by atoms with E-state index in [-0.39, 0.29) is 18.4 Å². The number of anilines is 2. The largest absolute Gasteiger partial charge is 0.495 e. The Morgan fingerprint density at radius 3 is 2.37 bits per heavy atom. The number of benzene rings is 2. The first kappa shape index (κ1) is 20.5. The summed E-state index contributed by atoms with van der Waals surface area (Å²) in [5, 5.41) is 8.93. The van der Waals surface area contributed by atoms with Crippen molar-refractivity contribution in [3.8, 4) is 5.75 Å². The van der Waals surface area contributed by atoms with Crippen molar-refractivity contribution < 1.29 is 19.1 Å². The van der Waals surface area contributed by atoms with Gasteiger partial charge in [0.15, 0.2) is 0 Å². The molecule has 0 fully saturated rings. The molecule has 2 rings (SSSR count). The van der Waals surface area contributed by atoms with Crippen LogP contribution in [0.3, 0.4) is 0 Å².